The Bertz CT molecular complexity index is 375. The fraction of sp³-hybridized carbons (Fsp3) is 0.769. The maximum atomic E-state index is 12.2. The van der Waals surface area contributed by atoms with E-state index >= 15 is 0 Å². The van der Waals surface area contributed by atoms with E-state index in [2.05, 4.69) is 5.32 Å². The van der Waals surface area contributed by atoms with Gasteiger partial charge in [0.25, 0.3) is 0 Å². The molecule has 1 heterocycles. The molecular formula is C13H22N2O5. The number of nitrogens with zero attached hydrogens (tertiary/aromatic N) is 1. The maximum Gasteiger partial charge on any atom is 0.326 e. The van der Waals surface area contributed by atoms with Crippen LogP contribution in [0.25, 0.3) is 0 Å². The predicted octanol–water partition coefficient (Wildman–Crippen LogP) is 1.28. The van der Waals surface area contributed by atoms with Crippen LogP contribution >= 0.6 is 0 Å². The summed E-state index contributed by atoms with van der Waals surface area (Å²) in [6, 6.07) is -1.47. The highest BCUT2D eigenvalue weighted by atomic mass is 16.4. The Hall–Kier alpha value is -1.79. The number of likely N-dealkylation sites (tertiary alicyclic amines) is 1. The third kappa shape index (κ3) is 4.40. The summed E-state index contributed by atoms with van der Waals surface area (Å²) in [6.07, 6.45) is 2.43. The number of amides is 2. The molecule has 7 nitrogen and oxygen atoms in total. The summed E-state index contributed by atoms with van der Waals surface area (Å²) in [6.45, 7) is 3.87. The quantitative estimate of drug-likeness (QED) is 0.705. The van der Waals surface area contributed by atoms with Crippen LogP contribution in [0.3, 0.4) is 0 Å². The highest BCUT2D eigenvalue weighted by molar-refractivity contribution is 5.83. The van der Waals surface area contributed by atoms with Crippen molar-refractivity contribution >= 4 is 18.0 Å². The molecule has 1 aliphatic rings. The van der Waals surface area contributed by atoms with E-state index in [4.69, 9.17) is 10.2 Å². The smallest absolute Gasteiger partial charge is 0.326 e. The Morgan fingerprint density at radius 3 is 2.20 bits per heavy atom. The Morgan fingerprint density at radius 1 is 1.20 bits per heavy atom. The molecule has 0 aromatic heterocycles. The number of nitrogens with one attached hydrogen (secondary N) is 1. The van der Waals surface area contributed by atoms with Crippen LogP contribution in [0, 0.1) is 0 Å². The van der Waals surface area contributed by atoms with Gasteiger partial charge in [0.05, 0.1) is 0 Å². The molecule has 1 rings (SSSR count). The van der Waals surface area contributed by atoms with Gasteiger partial charge in [0.15, 0.2) is 0 Å². The Morgan fingerprint density at radius 2 is 1.75 bits per heavy atom. The minimum absolute atomic E-state index is 0.0627. The minimum Gasteiger partial charge on any atom is -0.481 e. The van der Waals surface area contributed by atoms with Gasteiger partial charge in [0.1, 0.15) is 6.04 Å². The topological polar surface area (TPSA) is 107 Å². The number of urea groups is 1. The van der Waals surface area contributed by atoms with Crippen molar-refractivity contribution in [2.45, 2.75) is 64.1 Å². The van der Waals surface area contributed by atoms with E-state index < -0.39 is 24.0 Å². The number of carboxylic acids is 2. The van der Waals surface area contributed by atoms with E-state index in [-0.39, 0.29) is 24.9 Å². The number of carboxylic acid groups (broad SMARTS) is 2. The van der Waals surface area contributed by atoms with Crippen molar-refractivity contribution in [3.05, 3.63) is 0 Å². The van der Waals surface area contributed by atoms with E-state index in [1.807, 2.05) is 13.8 Å². The van der Waals surface area contributed by atoms with Gasteiger partial charge in [0, 0.05) is 18.5 Å². The van der Waals surface area contributed by atoms with Crippen LogP contribution < -0.4 is 5.32 Å². The van der Waals surface area contributed by atoms with E-state index in [1.54, 1.807) is 4.90 Å². The largest absolute Gasteiger partial charge is 0.481 e. The molecule has 2 unspecified atom stereocenters. The molecule has 20 heavy (non-hydrogen) atoms. The van der Waals surface area contributed by atoms with Crippen LogP contribution in [-0.2, 0) is 9.59 Å². The second-order valence-electron chi connectivity index (χ2n) is 5.31. The van der Waals surface area contributed by atoms with Gasteiger partial charge in [0.2, 0.25) is 0 Å². The summed E-state index contributed by atoms with van der Waals surface area (Å²) >= 11 is 0. The van der Waals surface area contributed by atoms with Crippen LogP contribution in [0.5, 0.6) is 0 Å². The van der Waals surface area contributed by atoms with Gasteiger partial charge in [-0.2, -0.15) is 0 Å². The third-order valence-electron chi connectivity index (χ3n) is 3.67. The Labute approximate surface area is 117 Å². The number of aliphatic carboxylic acids is 2. The average Bonchev–Trinajstić information content (AvgIpc) is 2.33. The summed E-state index contributed by atoms with van der Waals surface area (Å²) in [4.78, 5) is 35.4. The minimum atomic E-state index is -1.21. The lowest BCUT2D eigenvalue weighted by atomic mass is 9.98. The molecule has 3 N–H and O–H groups in total. The van der Waals surface area contributed by atoms with E-state index in [1.165, 1.54) is 0 Å². The summed E-state index contributed by atoms with van der Waals surface area (Å²) in [5.41, 5.74) is 0. The number of hydrogen-bond acceptors (Lipinski definition) is 3. The molecule has 3 atom stereocenters. The zero-order valence-electron chi connectivity index (χ0n) is 11.8. The molecule has 0 aromatic carbocycles. The standard InChI is InChI=1S/C13H22N2O5/c1-8-4-3-5-9(2)15(8)13(20)14-10(12(18)19)6-7-11(16)17/h8-10H,3-7H2,1-2H3,(H,14,20)(H,16,17)(H,18,19)/t8?,9?,10-/m0/s1. The monoisotopic (exact) mass is 286 g/mol. The lowest BCUT2D eigenvalue weighted by Crippen LogP contribution is -2.55. The molecule has 0 saturated carbocycles. The maximum absolute atomic E-state index is 12.2. The number of rotatable bonds is 5. The lowest BCUT2D eigenvalue weighted by molar-refractivity contribution is -0.140. The molecule has 0 aliphatic carbocycles. The van der Waals surface area contributed by atoms with Gasteiger partial charge in [-0.25, -0.2) is 9.59 Å². The van der Waals surface area contributed by atoms with E-state index in [9.17, 15) is 14.4 Å². The third-order valence-corrected chi connectivity index (χ3v) is 3.67. The molecule has 0 aromatic rings. The molecule has 114 valence electrons. The fourth-order valence-corrected chi connectivity index (χ4v) is 2.57. The highest BCUT2D eigenvalue weighted by Crippen LogP contribution is 2.22. The van der Waals surface area contributed by atoms with Gasteiger partial charge in [-0.05, 0) is 39.5 Å². The summed E-state index contributed by atoms with van der Waals surface area (Å²) in [5.74, 6) is -2.29. The van der Waals surface area contributed by atoms with Crippen LogP contribution in [-0.4, -0.2) is 51.2 Å². The lowest BCUT2D eigenvalue weighted by Gasteiger charge is -2.39. The zero-order chi connectivity index (χ0) is 15.3. The van der Waals surface area contributed by atoms with Crippen molar-refractivity contribution in [1.82, 2.24) is 10.2 Å². The number of carbonyl (C=O) groups excluding carboxylic acids is 1. The molecule has 7 heteroatoms. The Kier molecular flexibility index (Phi) is 5.79. The van der Waals surface area contributed by atoms with Crippen LogP contribution in [0.2, 0.25) is 0 Å². The number of piperidine rings is 1. The van der Waals surface area contributed by atoms with Gasteiger partial charge in [-0.1, -0.05) is 0 Å². The van der Waals surface area contributed by atoms with Gasteiger partial charge >= 0.3 is 18.0 Å². The SMILES string of the molecule is CC1CCCC(C)N1C(=O)N[C@@H](CCC(=O)O)C(=O)O. The first-order valence-corrected chi connectivity index (χ1v) is 6.86. The average molecular weight is 286 g/mol. The van der Waals surface area contributed by atoms with Crippen LogP contribution in [0.4, 0.5) is 4.79 Å². The Balaban J connectivity index is 2.64. The van der Waals surface area contributed by atoms with Crippen molar-refractivity contribution in [3.8, 4) is 0 Å². The molecule has 0 bridgehead atoms. The second kappa shape index (κ2) is 7.12. The fourth-order valence-electron chi connectivity index (χ4n) is 2.57. The van der Waals surface area contributed by atoms with Gasteiger partial charge < -0.3 is 20.4 Å². The van der Waals surface area contributed by atoms with Crippen molar-refractivity contribution < 1.29 is 24.6 Å². The molecule has 1 fully saturated rings. The molecule has 1 aliphatic heterocycles. The van der Waals surface area contributed by atoms with Crippen molar-refractivity contribution in [1.29, 1.82) is 0 Å². The van der Waals surface area contributed by atoms with Gasteiger partial charge in [-0.3, -0.25) is 4.79 Å². The predicted molar refractivity (Wildman–Crippen MR) is 71.4 cm³/mol. The highest BCUT2D eigenvalue weighted by Gasteiger charge is 2.31. The molecule has 0 radical (unpaired) electrons. The molecular weight excluding hydrogens is 264 g/mol. The first-order chi connectivity index (χ1) is 9.32. The summed E-state index contributed by atoms with van der Waals surface area (Å²) in [5, 5.41) is 20.1. The van der Waals surface area contributed by atoms with Crippen LogP contribution in [0.1, 0.15) is 46.0 Å². The molecule has 0 spiro atoms. The van der Waals surface area contributed by atoms with E-state index in [0.29, 0.717) is 0 Å². The summed E-state index contributed by atoms with van der Waals surface area (Å²) in [7, 11) is 0. The van der Waals surface area contributed by atoms with Crippen molar-refractivity contribution in [2.75, 3.05) is 0 Å². The molecule has 2 amide bonds. The van der Waals surface area contributed by atoms with E-state index in [0.717, 1.165) is 19.3 Å². The van der Waals surface area contributed by atoms with Crippen LogP contribution in [0.15, 0.2) is 0 Å². The van der Waals surface area contributed by atoms with Crippen molar-refractivity contribution in [3.63, 3.8) is 0 Å². The number of carbonyl (C=O) groups is 3. The zero-order valence-corrected chi connectivity index (χ0v) is 11.8. The van der Waals surface area contributed by atoms with Gasteiger partial charge in [-0.15, -0.1) is 0 Å². The normalized spacial score (nSPS) is 24.0. The van der Waals surface area contributed by atoms with Crippen molar-refractivity contribution in [2.24, 2.45) is 0 Å². The first-order valence-electron chi connectivity index (χ1n) is 6.86. The molecule has 1 saturated heterocycles. The second-order valence-corrected chi connectivity index (χ2v) is 5.31. The first kappa shape index (κ1) is 16.3. The number of hydrogen-bond donors (Lipinski definition) is 3. The summed E-state index contributed by atoms with van der Waals surface area (Å²) < 4.78 is 0.